The second kappa shape index (κ2) is 5.49. The molecule has 0 aliphatic rings. The highest BCUT2D eigenvalue weighted by Crippen LogP contribution is 2.24. The van der Waals surface area contributed by atoms with Crippen LogP contribution in [-0.4, -0.2) is 24.2 Å². The van der Waals surface area contributed by atoms with E-state index in [-0.39, 0.29) is 5.97 Å². The minimum atomic E-state index is -0.353. The molecule has 1 heterocycles. The molecule has 0 aliphatic heterocycles. The fourth-order valence-corrected chi connectivity index (χ4v) is 1.73. The summed E-state index contributed by atoms with van der Waals surface area (Å²) < 4.78 is 10.4. The Balaban J connectivity index is 2.43. The molecule has 0 saturated heterocycles. The van der Waals surface area contributed by atoms with Crippen molar-refractivity contribution in [1.82, 2.24) is 4.98 Å². The zero-order chi connectivity index (χ0) is 13.0. The first-order chi connectivity index (χ1) is 8.76. The molecule has 4 heteroatoms. The van der Waals surface area contributed by atoms with Gasteiger partial charge in [0.15, 0.2) is 0 Å². The van der Waals surface area contributed by atoms with Crippen LogP contribution < -0.4 is 4.74 Å². The van der Waals surface area contributed by atoms with E-state index < -0.39 is 0 Å². The van der Waals surface area contributed by atoms with E-state index in [1.54, 1.807) is 13.0 Å². The average molecular weight is 245 g/mol. The zero-order valence-electron chi connectivity index (χ0n) is 10.5. The van der Waals surface area contributed by atoms with E-state index in [0.717, 1.165) is 16.7 Å². The number of pyridine rings is 1. The van der Waals surface area contributed by atoms with Crippen LogP contribution in [0, 0.1) is 0 Å². The smallest absolute Gasteiger partial charge is 0.339 e. The fourth-order valence-electron chi connectivity index (χ4n) is 1.73. The van der Waals surface area contributed by atoms with Crippen molar-refractivity contribution in [2.24, 2.45) is 0 Å². The predicted octanol–water partition coefficient (Wildman–Crippen LogP) is 2.81. The minimum Gasteiger partial charge on any atom is -0.492 e. The number of esters is 1. The van der Waals surface area contributed by atoms with Crippen LogP contribution in [-0.2, 0) is 4.74 Å². The molecule has 0 saturated carbocycles. The lowest BCUT2D eigenvalue weighted by Crippen LogP contribution is -2.05. The van der Waals surface area contributed by atoms with Gasteiger partial charge < -0.3 is 9.47 Å². The summed E-state index contributed by atoms with van der Waals surface area (Å²) in [6.45, 7) is 4.64. The monoisotopic (exact) mass is 245 g/mol. The van der Waals surface area contributed by atoms with Gasteiger partial charge in [-0.1, -0.05) is 12.1 Å². The van der Waals surface area contributed by atoms with E-state index in [0.29, 0.717) is 18.8 Å². The molecule has 0 spiro atoms. The zero-order valence-corrected chi connectivity index (χ0v) is 10.5. The SMILES string of the molecule is CCOC(=O)c1cnc2c(OCC)cccc2c1. The van der Waals surface area contributed by atoms with Crippen LogP contribution in [0.15, 0.2) is 30.5 Å². The Bertz CT molecular complexity index is 566. The van der Waals surface area contributed by atoms with Crippen LogP contribution in [0.5, 0.6) is 5.75 Å². The molecule has 0 aliphatic carbocycles. The maximum Gasteiger partial charge on any atom is 0.339 e. The highest BCUT2D eigenvalue weighted by molar-refractivity contribution is 5.95. The Hall–Kier alpha value is -2.10. The Labute approximate surface area is 106 Å². The molecule has 0 fully saturated rings. The van der Waals surface area contributed by atoms with Crippen molar-refractivity contribution in [3.05, 3.63) is 36.0 Å². The number of nitrogens with zero attached hydrogens (tertiary/aromatic N) is 1. The van der Waals surface area contributed by atoms with Gasteiger partial charge in [-0.2, -0.15) is 0 Å². The van der Waals surface area contributed by atoms with Gasteiger partial charge in [-0.25, -0.2) is 4.79 Å². The van der Waals surface area contributed by atoms with E-state index >= 15 is 0 Å². The summed E-state index contributed by atoms with van der Waals surface area (Å²) in [6.07, 6.45) is 1.52. The van der Waals surface area contributed by atoms with E-state index in [1.807, 2.05) is 25.1 Å². The Morgan fingerprint density at radius 3 is 2.83 bits per heavy atom. The van der Waals surface area contributed by atoms with Crippen LogP contribution in [0.2, 0.25) is 0 Å². The van der Waals surface area contributed by atoms with Gasteiger partial charge in [-0.05, 0) is 26.0 Å². The first kappa shape index (κ1) is 12.4. The van der Waals surface area contributed by atoms with Gasteiger partial charge in [0, 0.05) is 11.6 Å². The summed E-state index contributed by atoms with van der Waals surface area (Å²) >= 11 is 0. The standard InChI is InChI=1S/C14H15NO3/c1-3-17-12-7-5-6-10-8-11(9-15-13(10)12)14(16)18-4-2/h5-9H,3-4H2,1-2H3. The van der Waals surface area contributed by atoms with Gasteiger partial charge >= 0.3 is 5.97 Å². The number of benzene rings is 1. The van der Waals surface area contributed by atoms with Crippen molar-refractivity contribution in [3.8, 4) is 5.75 Å². The van der Waals surface area contributed by atoms with Gasteiger partial charge in [0.25, 0.3) is 0 Å². The lowest BCUT2D eigenvalue weighted by atomic mass is 10.1. The second-order valence-corrected chi connectivity index (χ2v) is 3.71. The van der Waals surface area contributed by atoms with Crippen molar-refractivity contribution in [3.63, 3.8) is 0 Å². The van der Waals surface area contributed by atoms with Crippen molar-refractivity contribution in [2.75, 3.05) is 13.2 Å². The molecule has 2 rings (SSSR count). The number of carbonyl (C=O) groups is 1. The molecule has 0 N–H and O–H groups in total. The summed E-state index contributed by atoms with van der Waals surface area (Å²) in [7, 11) is 0. The van der Waals surface area contributed by atoms with E-state index in [4.69, 9.17) is 9.47 Å². The lowest BCUT2D eigenvalue weighted by Gasteiger charge is -2.07. The molecule has 0 unspecified atom stereocenters. The summed E-state index contributed by atoms with van der Waals surface area (Å²) in [5.74, 6) is 0.374. The van der Waals surface area contributed by atoms with Crippen LogP contribution >= 0.6 is 0 Å². The van der Waals surface area contributed by atoms with Crippen molar-refractivity contribution < 1.29 is 14.3 Å². The van der Waals surface area contributed by atoms with Crippen LogP contribution in [0.4, 0.5) is 0 Å². The summed E-state index contributed by atoms with van der Waals surface area (Å²) in [6, 6.07) is 7.41. The van der Waals surface area contributed by atoms with Crippen LogP contribution in [0.25, 0.3) is 10.9 Å². The van der Waals surface area contributed by atoms with Gasteiger partial charge in [0.05, 0.1) is 18.8 Å². The Morgan fingerprint density at radius 2 is 2.11 bits per heavy atom. The molecule has 0 atom stereocenters. The number of carbonyl (C=O) groups excluding carboxylic acids is 1. The van der Waals surface area contributed by atoms with E-state index in [2.05, 4.69) is 4.98 Å². The predicted molar refractivity (Wildman–Crippen MR) is 68.9 cm³/mol. The van der Waals surface area contributed by atoms with Gasteiger partial charge in [0.1, 0.15) is 11.3 Å². The third-order valence-electron chi connectivity index (χ3n) is 2.48. The van der Waals surface area contributed by atoms with Crippen LogP contribution in [0.1, 0.15) is 24.2 Å². The third kappa shape index (κ3) is 2.42. The Morgan fingerprint density at radius 1 is 1.28 bits per heavy atom. The quantitative estimate of drug-likeness (QED) is 0.777. The Kier molecular flexibility index (Phi) is 3.77. The normalized spacial score (nSPS) is 10.3. The summed E-state index contributed by atoms with van der Waals surface area (Å²) in [4.78, 5) is 15.9. The number of fused-ring (bicyclic) bond motifs is 1. The highest BCUT2D eigenvalue weighted by atomic mass is 16.5. The topological polar surface area (TPSA) is 48.4 Å². The third-order valence-corrected chi connectivity index (χ3v) is 2.48. The molecule has 2 aromatic rings. The van der Waals surface area contributed by atoms with Gasteiger partial charge in [0.2, 0.25) is 0 Å². The first-order valence-electron chi connectivity index (χ1n) is 5.95. The molecule has 1 aromatic carbocycles. The van der Waals surface area contributed by atoms with Crippen molar-refractivity contribution >= 4 is 16.9 Å². The lowest BCUT2D eigenvalue weighted by molar-refractivity contribution is 0.0526. The van der Waals surface area contributed by atoms with Crippen molar-refractivity contribution in [1.29, 1.82) is 0 Å². The molecule has 1 aromatic heterocycles. The molecule has 94 valence electrons. The second-order valence-electron chi connectivity index (χ2n) is 3.71. The maximum atomic E-state index is 11.6. The fraction of sp³-hybridized carbons (Fsp3) is 0.286. The van der Waals surface area contributed by atoms with Gasteiger partial charge in [-0.3, -0.25) is 4.98 Å². The minimum absolute atomic E-state index is 0.353. The van der Waals surface area contributed by atoms with E-state index in [1.165, 1.54) is 6.20 Å². The molecule has 0 amide bonds. The summed E-state index contributed by atoms with van der Waals surface area (Å²) in [5, 5.41) is 0.867. The molecular weight excluding hydrogens is 230 g/mol. The molecule has 0 radical (unpaired) electrons. The largest absolute Gasteiger partial charge is 0.492 e. The van der Waals surface area contributed by atoms with Crippen LogP contribution in [0.3, 0.4) is 0 Å². The van der Waals surface area contributed by atoms with Gasteiger partial charge in [-0.15, -0.1) is 0 Å². The number of aromatic nitrogens is 1. The maximum absolute atomic E-state index is 11.6. The average Bonchev–Trinajstić information content (AvgIpc) is 2.39. The highest BCUT2D eigenvalue weighted by Gasteiger charge is 2.09. The molecular formula is C14H15NO3. The number of ether oxygens (including phenoxy) is 2. The number of hydrogen-bond acceptors (Lipinski definition) is 4. The molecule has 0 bridgehead atoms. The summed E-state index contributed by atoms with van der Waals surface area (Å²) in [5.41, 5.74) is 1.21. The number of para-hydroxylation sites is 1. The number of hydrogen-bond donors (Lipinski definition) is 0. The first-order valence-corrected chi connectivity index (χ1v) is 5.95. The number of rotatable bonds is 4. The van der Waals surface area contributed by atoms with E-state index in [9.17, 15) is 4.79 Å². The molecule has 4 nitrogen and oxygen atoms in total. The van der Waals surface area contributed by atoms with Crippen molar-refractivity contribution in [2.45, 2.75) is 13.8 Å². The molecule has 18 heavy (non-hydrogen) atoms.